The van der Waals surface area contributed by atoms with Crippen molar-refractivity contribution in [3.05, 3.63) is 11.6 Å². The van der Waals surface area contributed by atoms with E-state index in [1.54, 1.807) is 0 Å². The lowest BCUT2D eigenvalue weighted by molar-refractivity contribution is -0.138. The average Bonchev–Trinajstić information content (AvgIpc) is 2.56. The maximum Gasteiger partial charge on any atom is 0.334 e. The molecule has 0 unspecified atom stereocenters. The predicted molar refractivity (Wildman–Crippen MR) is 99.5 cm³/mol. The lowest BCUT2D eigenvalue weighted by Gasteiger charge is -2.22. The van der Waals surface area contributed by atoms with Crippen molar-refractivity contribution in [3.63, 3.8) is 0 Å². The monoisotopic (exact) mass is 364 g/mol. The molecule has 0 bridgehead atoms. The maximum atomic E-state index is 12.8. The van der Waals surface area contributed by atoms with Gasteiger partial charge in [-0.3, -0.25) is 14.4 Å². The van der Waals surface area contributed by atoms with Crippen LogP contribution in [0.4, 0.5) is 0 Å². The summed E-state index contributed by atoms with van der Waals surface area (Å²) in [7, 11) is 1.23. The standard InChI is InChI=1S/C21H32O5/c1-13(2)18-12-19(23)15(4)8-6-7-14(3)9-17(22)10-16(11-20(18)24)21(25)26-5/h10,13-15,18H,6-9,11-12H2,1-5H3/b16-10-/t14-,15+,18-/m0/s1. The second-order valence-electron chi connectivity index (χ2n) is 7.93. The molecule has 1 rings (SSSR count). The molecule has 0 fully saturated rings. The molecule has 0 N–H and O–H groups in total. The van der Waals surface area contributed by atoms with Crippen molar-refractivity contribution in [2.24, 2.45) is 23.7 Å². The Morgan fingerprint density at radius 2 is 1.73 bits per heavy atom. The van der Waals surface area contributed by atoms with Gasteiger partial charge in [0.15, 0.2) is 5.78 Å². The van der Waals surface area contributed by atoms with Crippen LogP contribution in [0.3, 0.4) is 0 Å². The fraction of sp³-hybridized carbons (Fsp3) is 0.714. The molecule has 1 aliphatic rings. The number of rotatable bonds is 2. The molecule has 0 radical (unpaired) electrons. The van der Waals surface area contributed by atoms with Gasteiger partial charge in [-0.05, 0) is 24.3 Å². The SMILES string of the molecule is COC(=O)/C1=C\C(=O)C[C@@H](C)CCC[C@@H](C)C(=O)C[C@@H](C(C)C)C(=O)C1. The smallest absolute Gasteiger partial charge is 0.334 e. The second-order valence-corrected chi connectivity index (χ2v) is 7.93. The highest BCUT2D eigenvalue weighted by atomic mass is 16.5. The normalized spacial score (nSPS) is 29.1. The number of hydrogen-bond donors (Lipinski definition) is 0. The number of Topliss-reactive ketones (excluding diaryl/α,β-unsaturated/α-hetero) is 2. The molecule has 0 spiro atoms. The van der Waals surface area contributed by atoms with Crippen LogP contribution in [-0.4, -0.2) is 30.4 Å². The van der Waals surface area contributed by atoms with Gasteiger partial charge in [-0.1, -0.05) is 40.5 Å². The van der Waals surface area contributed by atoms with Gasteiger partial charge in [0.2, 0.25) is 0 Å². The lowest BCUT2D eigenvalue weighted by atomic mass is 9.81. The topological polar surface area (TPSA) is 77.5 Å². The molecule has 0 aromatic rings. The van der Waals surface area contributed by atoms with Crippen LogP contribution in [0.15, 0.2) is 11.6 Å². The van der Waals surface area contributed by atoms with Gasteiger partial charge >= 0.3 is 5.97 Å². The summed E-state index contributed by atoms with van der Waals surface area (Å²) in [6.07, 6.45) is 4.11. The molecule has 0 heterocycles. The van der Waals surface area contributed by atoms with E-state index in [1.807, 2.05) is 27.7 Å². The van der Waals surface area contributed by atoms with Gasteiger partial charge in [0, 0.05) is 36.7 Å². The van der Waals surface area contributed by atoms with E-state index in [2.05, 4.69) is 0 Å². The molecule has 5 heteroatoms. The molecule has 0 aromatic heterocycles. The number of esters is 1. The number of carbonyl (C=O) groups is 4. The van der Waals surface area contributed by atoms with Crippen molar-refractivity contribution in [3.8, 4) is 0 Å². The van der Waals surface area contributed by atoms with Gasteiger partial charge in [-0.25, -0.2) is 4.79 Å². The molecule has 0 saturated heterocycles. The maximum absolute atomic E-state index is 12.8. The summed E-state index contributed by atoms with van der Waals surface area (Å²) in [5.41, 5.74) is 0.0814. The highest BCUT2D eigenvalue weighted by molar-refractivity contribution is 6.03. The summed E-state index contributed by atoms with van der Waals surface area (Å²) in [4.78, 5) is 49.6. The largest absolute Gasteiger partial charge is 0.466 e. The third-order valence-electron chi connectivity index (χ3n) is 5.22. The van der Waals surface area contributed by atoms with Crippen LogP contribution in [-0.2, 0) is 23.9 Å². The minimum atomic E-state index is -0.659. The summed E-state index contributed by atoms with van der Waals surface area (Å²) in [5, 5.41) is 0. The van der Waals surface area contributed by atoms with Crippen molar-refractivity contribution < 1.29 is 23.9 Å². The van der Waals surface area contributed by atoms with Crippen LogP contribution < -0.4 is 0 Å². The van der Waals surface area contributed by atoms with Crippen LogP contribution in [0.2, 0.25) is 0 Å². The Kier molecular flexibility index (Phi) is 8.89. The van der Waals surface area contributed by atoms with E-state index in [0.717, 1.165) is 19.3 Å². The van der Waals surface area contributed by atoms with E-state index in [9.17, 15) is 19.2 Å². The zero-order chi connectivity index (χ0) is 19.9. The molecular weight excluding hydrogens is 332 g/mol. The fourth-order valence-electron chi connectivity index (χ4n) is 3.40. The third kappa shape index (κ3) is 6.85. The minimum Gasteiger partial charge on any atom is -0.466 e. The summed E-state index contributed by atoms with van der Waals surface area (Å²) >= 11 is 0. The van der Waals surface area contributed by atoms with Crippen LogP contribution in [0, 0.1) is 23.7 Å². The number of hydrogen-bond acceptors (Lipinski definition) is 5. The van der Waals surface area contributed by atoms with Crippen LogP contribution >= 0.6 is 0 Å². The third-order valence-corrected chi connectivity index (χ3v) is 5.22. The zero-order valence-electron chi connectivity index (χ0n) is 16.7. The Balaban J connectivity index is 3.17. The molecule has 5 nitrogen and oxygen atoms in total. The van der Waals surface area contributed by atoms with E-state index in [0.29, 0.717) is 6.42 Å². The Morgan fingerprint density at radius 3 is 2.31 bits per heavy atom. The summed E-state index contributed by atoms with van der Waals surface area (Å²) < 4.78 is 4.74. The highest BCUT2D eigenvalue weighted by Gasteiger charge is 2.29. The van der Waals surface area contributed by atoms with Crippen LogP contribution in [0.1, 0.15) is 66.2 Å². The van der Waals surface area contributed by atoms with Crippen molar-refractivity contribution in [1.29, 1.82) is 0 Å². The molecule has 0 aromatic carbocycles. The first-order valence-corrected chi connectivity index (χ1v) is 9.52. The zero-order valence-corrected chi connectivity index (χ0v) is 16.7. The molecular formula is C21H32O5. The van der Waals surface area contributed by atoms with Crippen molar-refractivity contribution in [2.45, 2.75) is 66.2 Å². The minimum absolute atomic E-state index is 0.0128. The van der Waals surface area contributed by atoms with Gasteiger partial charge in [0.05, 0.1) is 7.11 Å². The number of allylic oxidation sites excluding steroid dienone is 1. The van der Waals surface area contributed by atoms with E-state index in [4.69, 9.17) is 4.74 Å². The van der Waals surface area contributed by atoms with Gasteiger partial charge in [-0.2, -0.15) is 0 Å². The second kappa shape index (κ2) is 10.4. The van der Waals surface area contributed by atoms with Gasteiger partial charge in [0.25, 0.3) is 0 Å². The number of methoxy groups -OCH3 is 1. The first kappa shape index (κ1) is 22.3. The van der Waals surface area contributed by atoms with Gasteiger partial charge in [-0.15, -0.1) is 0 Å². The van der Waals surface area contributed by atoms with Gasteiger partial charge in [0.1, 0.15) is 11.6 Å². The van der Waals surface area contributed by atoms with Crippen LogP contribution in [0.5, 0.6) is 0 Å². The fourth-order valence-corrected chi connectivity index (χ4v) is 3.40. The Hall–Kier alpha value is -1.78. The molecule has 0 saturated carbocycles. The first-order chi connectivity index (χ1) is 12.1. The summed E-state index contributed by atoms with van der Waals surface area (Å²) in [5.74, 6) is -1.29. The predicted octanol–water partition coefficient (Wildman–Crippen LogP) is 3.69. The Labute approximate surface area is 156 Å². The molecule has 3 atom stereocenters. The van der Waals surface area contributed by atoms with Gasteiger partial charge < -0.3 is 4.74 Å². The Morgan fingerprint density at radius 1 is 1.08 bits per heavy atom. The molecule has 146 valence electrons. The van der Waals surface area contributed by atoms with Crippen LogP contribution in [0.25, 0.3) is 0 Å². The number of ketones is 3. The van der Waals surface area contributed by atoms with E-state index in [-0.39, 0.29) is 53.5 Å². The molecule has 26 heavy (non-hydrogen) atoms. The van der Waals surface area contributed by atoms with E-state index >= 15 is 0 Å². The van der Waals surface area contributed by atoms with E-state index < -0.39 is 11.9 Å². The summed E-state index contributed by atoms with van der Waals surface area (Å²) in [6.45, 7) is 7.70. The number of carbonyl (C=O) groups excluding carboxylic acids is 4. The summed E-state index contributed by atoms with van der Waals surface area (Å²) in [6, 6.07) is 0. The van der Waals surface area contributed by atoms with Crippen molar-refractivity contribution in [1.82, 2.24) is 0 Å². The average molecular weight is 364 g/mol. The van der Waals surface area contributed by atoms with E-state index in [1.165, 1.54) is 13.2 Å². The van der Waals surface area contributed by atoms with Crippen molar-refractivity contribution >= 4 is 23.3 Å². The highest BCUT2D eigenvalue weighted by Crippen LogP contribution is 2.25. The lowest BCUT2D eigenvalue weighted by Crippen LogP contribution is -2.27. The molecule has 1 aliphatic carbocycles. The Bertz CT molecular complexity index is 573. The molecule has 0 amide bonds. The van der Waals surface area contributed by atoms with Crippen molar-refractivity contribution in [2.75, 3.05) is 7.11 Å². The first-order valence-electron chi connectivity index (χ1n) is 9.52. The quantitative estimate of drug-likeness (QED) is 0.698. The number of ether oxygens (including phenoxy) is 1. The molecule has 0 aliphatic heterocycles.